The Morgan fingerprint density at radius 2 is 2.10 bits per heavy atom. The molecule has 1 aliphatic rings. The van der Waals surface area contributed by atoms with Crippen LogP contribution in [-0.2, 0) is 4.74 Å². The minimum Gasteiger partial charge on any atom is -0.444 e. The average molecular weight is 277 g/mol. The van der Waals surface area contributed by atoms with Gasteiger partial charge in [0.1, 0.15) is 5.60 Å². The molecule has 1 fully saturated rings. The van der Waals surface area contributed by atoms with E-state index >= 15 is 0 Å². The quantitative estimate of drug-likeness (QED) is 0.872. The normalized spacial score (nSPS) is 16.8. The van der Waals surface area contributed by atoms with E-state index in [4.69, 9.17) is 4.74 Å². The average Bonchev–Trinajstić information content (AvgIpc) is 2.38. The van der Waals surface area contributed by atoms with Crippen LogP contribution in [-0.4, -0.2) is 29.8 Å². The molecule has 0 aromatic carbocycles. The van der Waals surface area contributed by atoms with Gasteiger partial charge in [-0.05, 0) is 58.8 Å². The number of anilines is 1. The number of ether oxygens (including phenoxy) is 1. The first-order valence-electron chi connectivity index (χ1n) is 7.11. The van der Waals surface area contributed by atoms with Crippen LogP contribution in [0.1, 0.15) is 45.2 Å². The van der Waals surface area contributed by atoms with Gasteiger partial charge in [0, 0.05) is 23.5 Å². The van der Waals surface area contributed by atoms with E-state index in [1.165, 1.54) is 0 Å². The Labute approximate surface area is 120 Å². The summed E-state index contributed by atoms with van der Waals surface area (Å²) in [6, 6.07) is 3.73. The summed E-state index contributed by atoms with van der Waals surface area (Å²) in [6.45, 7) is 7.59. The molecule has 2 rings (SSSR count). The van der Waals surface area contributed by atoms with E-state index in [1.54, 1.807) is 12.3 Å². The van der Waals surface area contributed by atoms with Crippen molar-refractivity contribution in [2.45, 2.75) is 45.1 Å². The number of pyridine rings is 1. The number of rotatable bonds is 2. The van der Waals surface area contributed by atoms with Crippen molar-refractivity contribution in [3.05, 3.63) is 24.0 Å². The fourth-order valence-corrected chi connectivity index (χ4v) is 2.29. The molecule has 0 radical (unpaired) electrons. The number of nitrogens with one attached hydrogen (secondary N) is 2. The van der Waals surface area contributed by atoms with E-state index in [0.29, 0.717) is 5.92 Å². The predicted molar refractivity (Wildman–Crippen MR) is 78.9 cm³/mol. The largest absolute Gasteiger partial charge is 0.444 e. The lowest BCUT2D eigenvalue weighted by molar-refractivity contribution is 0.0636. The monoisotopic (exact) mass is 277 g/mol. The van der Waals surface area contributed by atoms with Crippen LogP contribution in [0.5, 0.6) is 0 Å². The number of aromatic nitrogens is 1. The molecule has 2 N–H and O–H groups in total. The standard InChI is InChI=1S/C15H23N3O2/c1-15(2,3)20-14(19)18-12-6-9-17-13(10-12)11-4-7-16-8-5-11/h6,9-11,16H,4-5,7-8H2,1-3H3,(H,17,18,19). The Morgan fingerprint density at radius 1 is 1.40 bits per heavy atom. The van der Waals surface area contributed by atoms with Gasteiger partial charge < -0.3 is 10.1 Å². The summed E-state index contributed by atoms with van der Waals surface area (Å²) in [7, 11) is 0. The smallest absolute Gasteiger partial charge is 0.412 e. The van der Waals surface area contributed by atoms with Crippen molar-refractivity contribution in [3.63, 3.8) is 0 Å². The molecule has 1 amide bonds. The molecule has 1 aliphatic heterocycles. The van der Waals surface area contributed by atoms with Crippen molar-refractivity contribution in [1.82, 2.24) is 10.3 Å². The van der Waals surface area contributed by atoms with Crippen molar-refractivity contribution in [1.29, 1.82) is 0 Å². The van der Waals surface area contributed by atoms with Crippen LogP contribution in [0.3, 0.4) is 0 Å². The third kappa shape index (κ3) is 4.49. The van der Waals surface area contributed by atoms with E-state index in [1.807, 2.05) is 26.8 Å². The minimum absolute atomic E-state index is 0.431. The van der Waals surface area contributed by atoms with Crippen LogP contribution in [0, 0.1) is 0 Å². The third-order valence-corrected chi connectivity index (χ3v) is 3.18. The molecule has 2 heterocycles. The molecule has 0 aliphatic carbocycles. The zero-order valence-corrected chi connectivity index (χ0v) is 12.4. The summed E-state index contributed by atoms with van der Waals surface area (Å²) in [5.41, 5.74) is 1.29. The lowest BCUT2D eigenvalue weighted by Gasteiger charge is -2.23. The fourth-order valence-electron chi connectivity index (χ4n) is 2.29. The van der Waals surface area contributed by atoms with Crippen LogP contribution in [0.15, 0.2) is 18.3 Å². The van der Waals surface area contributed by atoms with E-state index in [2.05, 4.69) is 15.6 Å². The number of nitrogens with zero attached hydrogens (tertiary/aromatic N) is 1. The van der Waals surface area contributed by atoms with Crippen molar-refractivity contribution in [2.24, 2.45) is 0 Å². The summed E-state index contributed by atoms with van der Waals surface area (Å²) in [6.07, 6.45) is 3.48. The highest BCUT2D eigenvalue weighted by atomic mass is 16.6. The van der Waals surface area contributed by atoms with E-state index < -0.39 is 11.7 Å². The van der Waals surface area contributed by atoms with Gasteiger partial charge in [-0.2, -0.15) is 0 Å². The molecular weight excluding hydrogens is 254 g/mol. The highest BCUT2D eigenvalue weighted by molar-refractivity contribution is 5.84. The van der Waals surface area contributed by atoms with E-state index in [9.17, 15) is 4.79 Å². The maximum atomic E-state index is 11.8. The van der Waals surface area contributed by atoms with Gasteiger partial charge in [-0.15, -0.1) is 0 Å². The number of carbonyl (C=O) groups is 1. The molecule has 1 aromatic heterocycles. The maximum Gasteiger partial charge on any atom is 0.412 e. The van der Waals surface area contributed by atoms with Crippen molar-refractivity contribution in [2.75, 3.05) is 18.4 Å². The summed E-state index contributed by atoms with van der Waals surface area (Å²) >= 11 is 0. The highest BCUT2D eigenvalue weighted by Crippen LogP contribution is 2.25. The second-order valence-electron chi connectivity index (χ2n) is 6.12. The minimum atomic E-state index is -0.491. The van der Waals surface area contributed by atoms with E-state index in [0.717, 1.165) is 37.3 Å². The van der Waals surface area contributed by atoms with Gasteiger partial charge in [-0.3, -0.25) is 10.3 Å². The molecule has 5 nitrogen and oxygen atoms in total. The van der Waals surface area contributed by atoms with E-state index in [-0.39, 0.29) is 0 Å². The second-order valence-corrected chi connectivity index (χ2v) is 6.12. The van der Waals surface area contributed by atoms with Gasteiger partial charge >= 0.3 is 6.09 Å². The van der Waals surface area contributed by atoms with Crippen LogP contribution in [0.2, 0.25) is 0 Å². The van der Waals surface area contributed by atoms with Gasteiger partial charge in [0.25, 0.3) is 0 Å². The third-order valence-electron chi connectivity index (χ3n) is 3.18. The van der Waals surface area contributed by atoms with Gasteiger partial charge in [-0.1, -0.05) is 0 Å². The number of amides is 1. The van der Waals surface area contributed by atoms with Crippen LogP contribution in [0.4, 0.5) is 10.5 Å². The molecule has 5 heteroatoms. The fraction of sp³-hybridized carbons (Fsp3) is 0.600. The molecule has 0 unspecified atom stereocenters. The molecule has 1 saturated heterocycles. The Kier molecular flexibility index (Phi) is 4.60. The van der Waals surface area contributed by atoms with Gasteiger partial charge in [0.2, 0.25) is 0 Å². The summed E-state index contributed by atoms with van der Waals surface area (Å²) in [5, 5.41) is 6.10. The molecule has 110 valence electrons. The molecular formula is C15H23N3O2. The Morgan fingerprint density at radius 3 is 2.75 bits per heavy atom. The Bertz CT molecular complexity index is 462. The maximum absolute atomic E-state index is 11.8. The summed E-state index contributed by atoms with van der Waals surface area (Å²) in [5.74, 6) is 0.469. The topological polar surface area (TPSA) is 63.2 Å². The number of piperidine rings is 1. The van der Waals surface area contributed by atoms with Crippen molar-refractivity contribution < 1.29 is 9.53 Å². The van der Waals surface area contributed by atoms with Gasteiger partial charge in [0.05, 0.1) is 0 Å². The molecule has 0 spiro atoms. The first-order valence-corrected chi connectivity index (χ1v) is 7.11. The zero-order chi connectivity index (χ0) is 14.6. The van der Waals surface area contributed by atoms with Crippen molar-refractivity contribution in [3.8, 4) is 0 Å². The lowest BCUT2D eigenvalue weighted by Crippen LogP contribution is -2.28. The van der Waals surface area contributed by atoms with Crippen LogP contribution in [0.25, 0.3) is 0 Å². The summed E-state index contributed by atoms with van der Waals surface area (Å²) in [4.78, 5) is 16.2. The first-order chi connectivity index (χ1) is 9.44. The number of hydrogen-bond donors (Lipinski definition) is 2. The highest BCUT2D eigenvalue weighted by Gasteiger charge is 2.18. The van der Waals surface area contributed by atoms with Gasteiger partial charge in [0.15, 0.2) is 0 Å². The lowest BCUT2D eigenvalue weighted by atomic mass is 9.94. The van der Waals surface area contributed by atoms with Crippen molar-refractivity contribution >= 4 is 11.8 Å². The molecule has 1 aromatic rings. The predicted octanol–water partition coefficient (Wildman–Crippen LogP) is 2.90. The number of carbonyl (C=O) groups excluding carboxylic acids is 1. The Balaban J connectivity index is 2.00. The Hall–Kier alpha value is -1.62. The van der Waals surface area contributed by atoms with Gasteiger partial charge in [-0.25, -0.2) is 4.79 Å². The molecule has 0 saturated carbocycles. The molecule has 0 atom stereocenters. The molecule has 0 bridgehead atoms. The number of hydrogen-bond acceptors (Lipinski definition) is 4. The zero-order valence-electron chi connectivity index (χ0n) is 12.4. The molecule has 20 heavy (non-hydrogen) atoms. The second kappa shape index (κ2) is 6.22. The SMILES string of the molecule is CC(C)(C)OC(=O)Nc1ccnc(C2CCNCC2)c1. The van der Waals surface area contributed by atoms with Crippen LogP contribution < -0.4 is 10.6 Å². The van der Waals surface area contributed by atoms with Crippen LogP contribution >= 0.6 is 0 Å². The first kappa shape index (κ1) is 14.8. The summed E-state index contributed by atoms with van der Waals surface area (Å²) < 4.78 is 5.25.